The Morgan fingerprint density at radius 2 is 2.00 bits per heavy atom. The van der Waals surface area contributed by atoms with E-state index < -0.39 is 0 Å². The van der Waals surface area contributed by atoms with Crippen LogP contribution in [0, 0.1) is 5.92 Å². The molecular weight excluding hydrogens is 302 g/mol. The summed E-state index contributed by atoms with van der Waals surface area (Å²) >= 11 is 0. The maximum atomic E-state index is 12.5. The number of hydrogen-bond donors (Lipinski definition) is 1. The lowest BCUT2D eigenvalue weighted by atomic mass is 10.0. The Bertz CT molecular complexity index is 623. The zero-order chi connectivity index (χ0) is 17.5. The summed E-state index contributed by atoms with van der Waals surface area (Å²) in [4.78, 5) is 26.1. The van der Waals surface area contributed by atoms with Crippen molar-refractivity contribution in [2.75, 3.05) is 11.4 Å². The lowest BCUT2D eigenvalue weighted by Gasteiger charge is -2.29. The van der Waals surface area contributed by atoms with Crippen molar-refractivity contribution in [2.24, 2.45) is 11.0 Å². The summed E-state index contributed by atoms with van der Waals surface area (Å²) in [5.41, 5.74) is 5.63. The Morgan fingerprint density at radius 1 is 1.25 bits per heavy atom. The first-order valence-corrected chi connectivity index (χ1v) is 8.67. The van der Waals surface area contributed by atoms with E-state index in [4.69, 9.17) is 0 Å². The first kappa shape index (κ1) is 18.2. The van der Waals surface area contributed by atoms with Crippen LogP contribution < -0.4 is 10.3 Å². The van der Waals surface area contributed by atoms with Gasteiger partial charge in [0.2, 0.25) is 11.8 Å². The van der Waals surface area contributed by atoms with Gasteiger partial charge in [0.15, 0.2) is 0 Å². The molecule has 0 atom stereocenters. The predicted octanol–water partition coefficient (Wildman–Crippen LogP) is 3.28. The van der Waals surface area contributed by atoms with Crippen molar-refractivity contribution in [3.05, 3.63) is 29.8 Å². The standard InChI is InChI=1S/C19H27N3O2/c1-14(2)13-15(3)20-21-18(23)10-11-19(24)22-12-6-8-16-7-4-5-9-17(16)22/h4-5,7,9,14H,6,8,10-13H2,1-3H3,(H,21,23)/b20-15+. The molecule has 1 aliphatic rings. The number of hydrogen-bond acceptors (Lipinski definition) is 3. The number of fused-ring (bicyclic) bond motifs is 1. The molecule has 0 aromatic heterocycles. The lowest BCUT2D eigenvalue weighted by Crippen LogP contribution is -2.36. The Morgan fingerprint density at radius 3 is 2.75 bits per heavy atom. The fraction of sp³-hybridized carbons (Fsp3) is 0.526. The first-order chi connectivity index (χ1) is 11.5. The molecule has 1 aromatic rings. The van der Waals surface area contributed by atoms with Crippen LogP contribution in [0.2, 0.25) is 0 Å². The Kier molecular flexibility index (Phi) is 6.53. The SMILES string of the molecule is C/C(CC(C)C)=N\NC(=O)CCC(=O)N1CCCc2ccccc21. The highest BCUT2D eigenvalue weighted by atomic mass is 16.2. The van der Waals surface area contributed by atoms with E-state index in [1.165, 1.54) is 5.56 Å². The van der Waals surface area contributed by atoms with Gasteiger partial charge in [0.1, 0.15) is 0 Å². The zero-order valence-corrected chi connectivity index (χ0v) is 14.8. The number of rotatable bonds is 6. The van der Waals surface area contributed by atoms with Crippen molar-refractivity contribution in [3.8, 4) is 0 Å². The van der Waals surface area contributed by atoms with E-state index in [2.05, 4.69) is 30.4 Å². The van der Waals surface area contributed by atoms with Crippen LogP contribution in [0.25, 0.3) is 0 Å². The summed E-state index contributed by atoms with van der Waals surface area (Å²) in [5, 5.41) is 4.08. The van der Waals surface area contributed by atoms with Gasteiger partial charge in [-0.2, -0.15) is 5.10 Å². The molecule has 0 spiro atoms. The molecule has 0 saturated carbocycles. The van der Waals surface area contributed by atoms with Gasteiger partial charge in [-0.3, -0.25) is 9.59 Å². The molecule has 5 nitrogen and oxygen atoms in total. The van der Waals surface area contributed by atoms with Crippen LogP contribution in [-0.2, 0) is 16.0 Å². The second-order valence-corrected chi connectivity index (χ2v) is 6.76. The molecule has 24 heavy (non-hydrogen) atoms. The average molecular weight is 329 g/mol. The van der Waals surface area contributed by atoms with Gasteiger partial charge in [0.25, 0.3) is 0 Å². The number of amides is 2. The number of nitrogens with zero attached hydrogens (tertiary/aromatic N) is 2. The number of hydrazone groups is 1. The predicted molar refractivity (Wildman–Crippen MR) is 97.1 cm³/mol. The van der Waals surface area contributed by atoms with Gasteiger partial charge >= 0.3 is 0 Å². The molecule has 1 heterocycles. The minimum absolute atomic E-state index is 0.000168. The van der Waals surface area contributed by atoms with Gasteiger partial charge in [0.05, 0.1) is 0 Å². The molecule has 0 radical (unpaired) electrons. The number of carbonyl (C=O) groups is 2. The summed E-state index contributed by atoms with van der Waals surface area (Å²) in [6.07, 6.45) is 3.19. The van der Waals surface area contributed by atoms with Crippen molar-refractivity contribution < 1.29 is 9.59 Å². The van der Waals surface area contributed by atoms with Crippen LogP contribution in [0.4, 0.5) is 5.69 Å². The average Bonchev–Trinajstić information content (AvgIpc) is 2.56. The van der Waals surface area contributed by atoms with Crippen molar-refractivity contribution in [3.63, 3.8) is 0 Å². The highest BCUT2D eigenvalue weighted by Gasteiger charge is 2.22. The van der Waals surface area contributed by atoms with E-state index in [0.717, 1.165) is 37.2 Å². The van der Waals surface area contributed by atoms with E-state index in [0.29, 0.717) is 5.92 Å². The molecule has 0 bridgehead atoms. The third kappa shape index (κ3) is 5.18. The Labute approximate surface area is 144 Å². The molecular formula is C19H27N3O2. The van der Waals surface area contributed by atoms with Crippen molar-refractivity contribution >= 4 is 23.2 Å². The van der Waals surface area contributed by atoms with Crippen LogP contribution in [0.15, 0.2) is 29.4 Å². The molecule has 2 rings (SSSR count). The smallest absolute Gasteiger partial charge is 0.240 e. The molecule has 0 saturated heterocycles. The second kappa shape index (κ2) is 8.62. The van der Waals surface area contributed by atoms with Crippen LogP contribution in [-0.4, -0.2) is 24.1 Å². The fourth-order valence-corrected chi connectivity index (χ4v) is 3.00. The zero-order valence-electron chi connectivity index (χ0n) is 14.8. The van der Waals surface area contributed by atoms with Crippen molar-refractivity contribution in [2.45, 2.75) is 52.9 Å². The normalized spacial score (nSPS) is 14.5. The number of carbonyl (C=O) groups excluding carboxylic acids is 2. The third-order valence-electron chi connectivity index (χ3n) is 4.05. The molecule has 1 aromatic carbocycles. The highest BCUT2D eigenvalue weighted by Crippen LogP contribution is 2.27. The summed E-state index contributed by atoms with van der Waals surface area (Å²) < 4.78 is 0. The van der Waals surface area contributed by atoms with Crippen LogP contribution >= 0.6 is 0 Å². The molecule has 2 amide bonds. The van der Waals surface area contributed by atoms with E-state index in [1.807, 2.05) is 25.1 Å². The number of benzene rings is 1. The van der Waals surface area contributed by atoms with Gasteiger partial charge < -0.3 is 4.90 Å². The Balaban J connectivity index is 1.84. The van der Waals surface area contributed by atoms with E-state index in [9.17, 15) is 9.59 Å². The van der Waals surface area contributed by atoms with Crippen LogP contribution in [0.5, 0.6) is 0 Å². The molecule has 130 valence electrons. The summed E-state index contributed by atoms with van der Waals surface area (Å²) in [6, 6.07) is 7.99. The molecule has 0 unspecified atom stereocenters. The van der Waals surface area contributed by atoms with Crippen LogP contribution in [0.1, 0.15) is 52.0 Å². The molecule has 1 N–H and O–H groups in total. The minimum atomic E-state index is -0.211. The molecule has 5 heteroatoms. The number of aryl methyl sites for hydroxylation is 1. The van der Waals surface area contributed by atoms with E-state index in [-0.39, 0.29) is 24.7 Å². The van der Waals surface area contributed by atoms with Gasteiger partial charge in [-0.15, -0.1) is 0 Å². The molecule has 1 aliphatic heterocycles. The van der Waals surface area contributed by atoms with Gasteiger partial charge in [-0.05, 0) is 43.7 Å². The van der Waals surface area contributed by atoms with Gasteiger partial charge in [-0.25, -0.2) is 5.43 Å². The summed E-state index contributed by atoms with van der Waals surface area (Å²) in [6.45, 7) is 6.84. The number of nitrogens with one attached hydrogen (secondary N) is 1. The maximum Gasteiger partial charge on any atom is 0.240 e. The van der Waals surface area contributed by atoms with Gasteiger partial charge in [-0.1, -0.05) is 32.0 Å². The third-order valence-corrected chi connectivity index (χ3v) is 4.05. The van der Waals surface area contributed by atoms with Crippen LogP contribution in [0.3, 0.4) is 0 Å². The summed E-state index contributed by atoms with van der Waals surface area (Å²) in [7, 11) is 0. The molecule has 0 fully saturated rings. The maximum absolute atomic E-state index is 12.5. The Hall–Kier alpha value is -2.17. The quantitative estimate of drug-likeness (QED) is 0.643. The van der Waals surface area contributed by atoms with Crippen molar-refractivity contribution in [1.82, 2.24) is 5.43 Å². The topological polar surface area (TPSA) is 61.8 Å². The lowest BCUT2D eigenvalue weighted by molar-refractivity contribution is -0.125. The first-order valence-electron chi connectivity index (χ1n) is 8.67. The molecule has 0 aliphatic carbocycles. The van der Waals surface area contributed by atoms with Crippen molar-refractivity contribution in [1.29, 1.82) is 0 Å². The highest BCUT2D eigenvalue weighted by molar-refractivity contribution is 5.96. The fourth-order valence-electron chi connectivity index (χ4n) is 3.00. The minimum Gasteiger partial charge on any atom is -0.312 e. The largest absolute Gasteiger partial charge is 0.312 e. The number of anilines is 1. The monoisotopic (exact) mass is 329 g/mol. The number of para-hydroxylation sites is 1. The summed E-state index contributed by atoms with van der Waals surface area (Å²) in [5.74, 6) is 0.295. The van der Waals surface area contributed by atoms with Gasteiger partial charge in [0, 0.05) is 30.8 Å². The van der Waals surface area contributed by atoms with E-state index >= 15 is 0 Å². The van der Waals surface area contributed by atoms with E-state index in [1.54, 1.807) is 4.90 Å². The second-order valence-electron chi connectivity index (χ2n) is 6.76.